The third-order valence-electron chi connectivity index (χ3n) is 4.71. The van der Waals surface area contributed by atoms with Crippen LogP contribution in [0.4, 0.5) is 5.69 Å². The van der Waals surface area contributed by atoms with Crippen LogP contribution in [0.5, 0.6) is 11.5 Å². The number of hydrogen-bond donors (Lipinski definition) is 0. The molecular formula is C18H17Cl2NO3S. The lowest BCUT2D eigenvalue weighted by atomic mass is 10.1. The quantitative estimate of drug-likeness (QED) is 0.705. The summed E-state index contributed by atoms with van der Waals surface area (Å²) in [6, 6.07) is 9.53. The van der Waals surface area contributed by atoms with Gasteiger partial charge in [0.2, 0.25) is 5.91 Å². The van der Waals surface area contributed by atoms with Crippen molar-refractivity contribution in [3.8, 4) is 11.5 Å². The minimum atomic E-state index is -1.01. The summed E-state index contributed by atoms with van der Waals surface area (Å²) in [5, 5.41) is 1.99. The van der Waals surface area contributed by atoms with E-state index in [4.69, 9.17) is 32.7 Å². The highest BCUT2D eigenvalue weighted by Crippen LogP contribution is 2.64. The summed E-state index contributed by atoms with van der Waals surface area (Å²) < 4.78 is 10.2. The molecule has 4 rings (SSSR count). The Labute approximate surface area is 160 Å². The van der Waals surface area contributed by atoms with E-state index in [1.54, 1.807) is 16.2 Å². The largest absolute Gasteiger partial charge is 0.486 e. The van der Waals surface area contributed by atoms with Gasteiger partial charge in [0.1, 0.15) is 17.5 Å². The fourth-order valence-corrected chi connectivity index (χ4v) is 4.36. The van der Waals surface area contributed by atoms with Gasteiger partial charge in [-0.25, -0.2) is 0 Å². The number of halogens is 2. The Bertz CT molecular complexity index is 809. The molecule has 1 saturated carbocycles. The lowest BCUT2D eigenvalue weighted by Crippen LogP contribution is -2.37. The van der Waals surface area contributed by atoms with Crippen LogP contribution < -0.4 is 14.4 Å². The number of fused-ring (bicyclic) bond motifs is 1. The Morgan fingerprint density at radius 1 is 1.24 bits per heavy atom. The Morgan fingerprint density at radius 3 is 2.60 bits per heavy atom. The van der Waals surface area contributed by atoms with Gasteiger partial charge in [0.25, 0.3) is 0 Å². The van der Waals surface area contributed by atoms with Gasteiger partial charge in [0.05, 0.1) is 12.0 Å². The highest BCUT2D eigenvalue weighted by Gasteiger charge is 2.68. The van der Waals surface area contributed by atoms with E-state index in [1.165, 1.54) is 0 Å². The second-order valence-corrected chi connectivity index (χ2v) is 9.03. The number of ether oxygens (including phenoxy) is 2. The summed E-state index contributed by atoms with van der Waals surface area (Å²) in [6.45, 7) is 3.31. The number of thiophene rings is 1. The van der Waals surface area contributed by atoms with Crippen molar-refractivity contribution in [3.05, 3.63) is 40.6 Å². The van der Waals surface area contributed by atoms with Crippen LogP contribution in [0.2, 0.25) is 0 Å². The molecule has 0 N–H and O–H groups in total. The Balaban J connectivity index is 1.69. The third-order valence-corrected chi connectivity index (χ3v) is 6.67. The van der Waals surface area contributed by atoms with Crippen LogP contribution in [0.15, 0.2) is 35.7 Å². The standard InChI is InChI=1S/C18H17Cl2NO3S/c1-17(11-18(17,19)20)16(22)21(10-13-3-2-8-25-13)12-4-5-14-15(9-12)24-7-6-23-14/h2-5,8-9H,6-7,10-11H2,1H3. The van der Waals surface area contributed by atoms with E-state index in [2.05, 4.69) is 0 Å². The predicted molar refractivity (Wildman–Crippen MR) is 100 cm³/mol. The first-order valence-electron chi connectivity index (χ1n) is 8.02. The zero-order valence-corrected chi connectivity index (χ0v) is 16.0. The molecule has 0 spiro atoms. The van der Waals surface area contributed by atoms with Crippen molar-refractivity contribution in [3.63, 3.8) is 0 Å². The minimum absolute atomic E-state index is 0.0809. The van der Waals surface area contributed by atoms with Crippen molar-refractivity contribution in [2.24, 2.45) is 5.41 Å². The molecule has 2 aromatic rings. The van der Waals surface area contributed by atoms with E-state index in [0.717, 1.165) is 10.6 Å². The molecule has 2 aliphatic rings. The van der Waals surface area contributed by atoms with Crippen molar-refractivity contribution >= 4 is 46.1 Å². The smallest absolute Gasteiger partial charge is 0.236 e. The second kappa shape index (κ2) is 6.08. The van der Waals surface area contributed by atoms with Gasteiger partial charge in [-0.2, -0.15) is 0 Å². The Morgan fingerprint density at radius 2 is 1.96 bits per heavy atom. The van der Waals surface area contributed by atoms with Gasteiger partial charge >= 0.3 is 0 Å². The summed E-state index contributed by atoms with van der Waals surface area (Å²) in [6.07, 6.45) is 0.452. The Hall–Kier alpha value is -1.43. The van der Waals surface area contributed by atoms with Crippen LogP contribution in [-0.2, 0) is 11.3 Å². The zero-order valence-electron chi connectivity index (χ0n) is 13.6. The molecule has 1 aliphatic carbocycles. The number of hydrogen-bond acceptors (Lipinski definition) is 4. The molecule has 1 aliphatic heterocycles. The third kappa shape index (κ3) is 2.98. The van der Waals surface area contributed by atoms with Crippen molar-refractivity contribution in [2.45, 2.75) is 24.2 Å². The van der Waals surface area contributed by atoms with Crippen LogP contribution in [0, 0.1) is 5.41 Å². The maximum Gasteiger partial charge on any atom is 0.236 e. The fraction of sp³-hybridized carbons (Fsp3) is 0.389. The van der Waals surface area contributed by atoms with Crippen LogP contribution in [-0.4, -0.2) is 23.5 Å². The van der Waals surface area contributed by atoms with E-state index in [9.17, 15) is 4.79 Å². The first-order valence-corrected chi connectivity index (χ1v) is 9.66. The second-order valence-electron chi connectivity index (χ2n) is 6.51. The topological polar surface area (TPSA) is 38.8 Å². The molecule has 1 aromatic carbocycles. The van der Waals surface area contributed by atoms with Gasteiger partial charge in [-0.05, 0) is 36.9 Å². The summed E-state index contributed by atoms with van der Waals surface area (Å²) in [5.41, 5.74) is -0.0272. The van der Waals surface area contributed by atoms with E-state index in [-0.39, 0.29) is 5.91 Å². The van der Waals surface area contributed by atoms with Crippen LogP contribution in [0.25, 0.3) is 0 Å². The zero-order chi connectivity index (χ0) is 17.7. The highest BCUT2D eigenvalue weighted by molar-refractivity contribution is 7.09. The fourth-order valence-electron chi connectivity index (χ4n) is 2.97. The monoisotopic (exact) mass is 397 g/mol. The van der Waals surface area contributed by atoms with E-state index < -0.39 is 9.75 Å². The molecule has 1 fully saturated rings. The molecule has 1 unspecified atom stereocenters. The molecule has 132 valence electrons. The number of carbonyl (C=O) groups is 1. The van der Waals surface area contributed by atoms with Crippen molar-refractivity contribution < 1.29 is 14.3 Å². The summed E-state index contributed by atoms with van der Waals surface area (Å²) in [4.78, 5) is 16.0. The summed E-state index contributed by atoms with van der Waals surface area (Å²) in [7, 11) is 0. The first-order chi connectivity index (χ1) is 11.9. The molecular weight excluding hydrogens is 381 g/mol. The molecule has 0 bridgehead atoms. The van der Waals surface area contributed by atoms with E-state index in [1.807, 2.05) is 42.6 Å². The number of carbonyl (C=O) groups excluding carboxylic acids is 1. The summed E-state index contributed by atoms with van der Waals surface area (Å²) in [5.74, 6) is 1.26. The molecule has 2 heterocycles. The molecule has 4 nitrogen and oxygen atoms in total. The van der Waals surface area contributed by atoms with Gasteiger partial charge in [0, 0.05) is 16.6 Å². The minimum Gasteiger partial charge on any atom is -0.486 e. The molecule has 0 saturated heterocycles. The van der Waals surface area contributed by atoms with Gasteiger partial charge in [0.15, 0.2) is 11.5 Å². The van der Waals surface area contributed by atoms with Gasteiger partial charge < -0.3 is 14.4 Å². The van der Waals surface area contributed by atoms with Crippen molar-refractivity contribution in [1.29, 1.82) is 0 Å². The summed E-state index contributed by atoms with van der Waals surface area (Å²) >= 11 is 14.1. The van der Waals surface area contributed by atoms with E-state index >= 15 is 0 Å². The van der Waals surface area contributed by atoms with Gasteiger partial charge in [-0.1, -0.05) is 6.07 Å². The highest BCUT2D eigenvalue weighted by atomic mass is 35.5. The number of alkyl halides is 2. The predicted octanol–water partition coefficient (Wildman–Crippen LogP) is 4.64. The average molecular weight is 398 g/mol. The maximum atomic E-state index is 13.2. The van der Waals surface area contributed by atoms with Crippen molar-refractivity contribution in [2.75, 3.05) is 18.1 Å². The number of amides is 1. The molecule has 1 atom stereocenters. The maximum absolute atomic E-state index is 13.2. The van der Waals surface area contributed by atoms with Gasteiger partial charge in [-0.3, -0.25) is 4.79 Å². The van der Waals surface area contributed by atoms with Gasteiger partial charge in [-0.15, -0.1) is 34.5 Å². The number of benzene rings is 1. The van der Waals surface area contributed by atoms with Crippen LogP contribution >= 0.6 is 34.5 Å². The first kappa shape index (κ1) is 17.0. The molecule has 1 amide bonds. The van der Waals surface area contributed by atoms with Crippen LogP contribution in [0.1, 0.15) is 18.2 Å². The molecule has 7 heteroatoms. The molecule has 0 radical (unpaired) electrons. The SMILES string of the molecule is CC1(C(=O)N(Cc2cccs2)c2ccc3c(c2)OCCO3)CC1(Cl)Cl. The molecule has 25 heavy (non-hydrogen) atoms. The number of anilines is 1. The lowest BCUT2D eigenvalue weighted by Gasteiger charge is -2.28. The average Bonchev–Trinajstić information content (AvgIpc) is 2.94. The van der Waals surface area contributed by atoms with E-state index in [0.29, 0.717) is 37.7 Å². The molecule has 1 aromatic heterocycles. The lowest BCUT2D eigenvalue weighted by molar-refractivity contribution is -0.123. The van der Waals surface area contributed by atoms with Crippen molar-refractivity contribution in [1.82, 2.24) is 0 Å². The normalized spacial score (nSPS) is 23.2. The number of rotatable bonds is 4. The van der Waals surface area contributed by atoms with Crippen LogP contribution in [0.3, 0.4) is 0 Å². The number of nitrogens with zero attached hydrogens (tertiary/aromatic N) is 1. The Kier molecular flexibility index (Phi) is 4.13.